The Bertz CT molecular complexity index is 469. The van der Waals surface area contributed by atoms with Crippen LogP contribution in [0.5, 0.6) is 0 Å². The lowest BCUT2D eigenvalue weighted by Crippen LogP contribution is -2.29. The zero-order chi connectivity index (χ0) is 13.7. The molecular weight excluding hydrogens is 310 g/mol. The van der Waals surface area contributed by atoms with Gasteiger partial charge in [-0.1, -0.05) is 6.92 Å². The number of ether oxygens (including phenoxy) is 1. The van der Waals surface area contributed by atoms with Gasteiger partial charge >= 0.3 is 0 Å². The maximum absolute atomic E-state index is 12.0. The van der Waals surface area contributed by atoms with Crippen molar-refractivity contribution < 1.29 is 4.74 Å². The fourth-order valence-corrected chi connectivity index (χ4v) is 2.60. The third-order valence-corrected chi connectivity index (χ3v) is 3.98. The number of aromatic nitrogens is 2. The van der Waals surface area contributed by atoms with Crippen LogP contribution in [0.3, 0.4) is 0 Å². The highest BCUT2D eigenvalue weighted by atomic mass is 79.9. The van der Waals surface area contributed by atoms with Crippen molar-refractivity contribution in [3.63, 3.8) is 0 Å². The van der Waals surface area contributed by atoms with E-state index >= 15 is 0 Å². The minimum atomic E-state index is -0.0867. The molecule has 0 aromatic carbocycles. The fourth-order valence-electron chi connectivity index (χ4n) is 2.15. The predicted octanol–water partition coefficient (Wildman–Crippen LogP) is 2.40. The lowest BCUT2D eigenvalue weighted by molar-refractivity contribution is 0.0247. The van der Waals surface area contributed by atoms with Crippen LogP contribution in [0.15, 0.2) is 15.5 Å². The molecule has 0 spiro atoms. The first-order valence-electron chi connectivity index (χ1n) is 6.83. The molecule has 1 saturated heterocycles. The number of hydrogen-bond donors (Lipinski definition) is 1. The Morgan fingerprint density at radius 1 is 1.58 bits per heavy atom. The first-order valence-corrected chi connectivity index (χ1v) is 7.62. The number of aryl methyl sites for hydroxylation is 1. The molecule has 0 amide bonds. The molecule has 1 aromatic heterocycles. The molecule has 1 fully saturated rings. The van der Waals surface area contributed by atoms with Gasteiger partial charge in [0, 0.05) is 19.7 Å². The van der Waals surface area contributed by atoms with Gasteiger partial charge in [0.1, 0.15) is 4.47 Å². The second-order valence-electron chi connectivity index (χ2n) is 4.77. The van der Waals surface area contributed by atoms with Gasteiger partial charge in [0.2, 0.25) is 0 Å². The van der Waals surface area contributed by atoms with Gasteiger partial charge in [-0.3, -0.25) is 4.79 Å². The third kappa shape index (κ3) is 3.79. The highest BCUT2D eigenvalue weighted by Crippen LogP contribution is 2.18. The minimum Gasteiger partial charge on any atom is -0.380 e. The van der Waals surface area contributed by atoms with Crippen molar-refractivity contribution >= 4 is 21.6 Å². The number of anilines is 1. The number of nitrogens with zero attached hydrogens (tertiary/aromatic N) is 2. The van der Waals surface area contributed by atoms with Crippen molar-refractivity contribution in [1.82, 2.24) is 9.78 Å². The second kappa shape index (κ2) is 7.05. The van der Waals surface area contributed by atoms with Crippen molar-refractivity contribution in [2.75, 3.05) is 18.5 Å². The zero-order valence-corrected chi connectivity index (χ0v) is 12.8. The Balaban J connectivity index is 2.00. The lowest BCUT2D eigenvalue weighted by Gasteiger charge is -2.23. The van der Waals surface area contributed by atoms with Crippen molar-refractivity contribution in [3.05, 3.63) is 21.0 Å². The fraction of sp³-hybridized carbons (Fsp3) is 0.692. The zero-order valence-electron chi connectivity index (χ0n) is 11.2. The first kappa shape index (κ1) is 14.5. The van der Waals surface area contributed by atoms with Crippen molar-refractivity contribution in [2.24, 2.45) is 0 Å². The normalized spacial score (nSPS) is 19.4. The van der Waals surface area contributed by atoms with E-state index in [0.717, 1.165) is 38.1 Å². The van der Waals surface area contributed by atoms with Crippen LogP contribution in [0.2, 0.25) is 0 Å². The van der Waals surface area contributed by atoms with Crippen molar-refractivity contribution in [1.29, 1.82) is 0 Å². The average Bonchev–Trinajstić information content (AvgIpc) is 2.44. The van der Waals surface area contributed by atoms with Crippen LogP contribution in [-0.2, 0) is 11.3 Å². The van der Waals surface area contributed by atoms with Gasteiger partial charge in [0.05, 0.1) is 18.0 Å². The van der Waals surface area contributed by atoms with E-state index in [1.54, 1.807) is 6.20 Å². The van der Waals surface area contributed by atoms with Gasteiger partial charge in [-0.05, 0) is 41.6 Å². The molecule has 1 N–H and O–H groups in total. The van der Waals surface area contributed by atoms with Crippen LogP contribution in [-0.4, -0.2) is 29.0 Å². The van der Waals surface area contributed by atoms with E-state index < -0.39 is 0 Å². The van der Waals surface area contributed by atoms with Gasteiger partial charge in [-0.15, -0.1) is 0 Å². The lowest BCUT2D eigenvalue weighted by atomic mass is 10.1. The number of halogens is 1. The molecule has 0 aliphatic carbocycles. The van der Waals surface area contributed by atoms with Crippen molar-refractivity contribution in [3.8, 4) is 0 Å². The summed E-state index contributed by atoms with van der Waals surface area (Å²) in [5.74, 6) is 0. The summed E-state index contributed by atoms with van der Waals surface area (Å²) in [6, 6.07) is 0. The minimum absolute atomic E-state index is 0.0867. The smallest absolute Gasteiger partial charge is 0.283 e. The van der Waals surface area contributed by atoms with Crippen LogP contribution < -0.4 is 10.9 Å². The Morgan fingerprint density at radius 2 is 2.42 bits per heavy atom. The van der Waals surface area contributed by atoms with E-state index in [4.69, 9.17) is 4.74 Å². The highest BCUT2D eigenvalue weighted by Gasteiger charge is 2.15. The quantitative estimate of drug-likeness (QED) is 0.901. The van der Waals surface area contributed by atoms with Crippen molar-refractivity contribution in [2.45, 2.75) is 45.3 Å². The van der Waals surface area contributed by atoms with Crippen LogP contribution in [0.1, 0.15) is 32.6 Å². The van der Waals surface area contributed by atoms with Gasteiger partial charge < -0.3 is 10.1 Å². The van der Waals surface area contributed by atoms with Gasteiger partial charge in [0.15, 0.2) is 0 Å². The van der Waals surface area contributed by atoms with E-state index in [1.807, 2.05) is 6.92 Å². The molecule has 19 heavy (non-hydrogen) atoms. The Labute approximate surface area is 121 Å². The summed E-state index contributed by atoms with van der Waals surface area (Å²) in [6.07, 6.45) is 6.26. The number of rotatable bonds is 5. The molecule has 2 heterocycles. The average molecular weight is 330 g/mol. The van der Waals surface area contributed by atoms with E-state index in [1.165, 1.54) is 11.1 Å². The Morgan fingerprint density at radius 3 is 3.11 bits per heavy atom. The van der Waals surface area contributed by atoms with E-state index in [2.05, 4.69) is 26.3 Å². The molecule has 2 rings (SSSR count). The van der Waals surface area contributed by atoms with Crippen LogP contribution in [0.25, 0.3) is 0 Å². The van der Waals surface area contributed by atoms with E-state index in [9.17, 15) is 4.79 Å². The molecule has 106 valence electrons. The van der Waals surface area contributed by atoms with E-state index in [0.29, 0.717) is 11.0 Å². The molecule has 0 saturated carbocycles. The summed E-state index contributed by atoms with van der Waals surface area (Å²) >= 11 is 3.35. The highest BCUT2D eigenvalue weighted by molar-refractivity contribution is 9.10. The summed E-state index contributed by atoms with van der Waals surface area (Å²) in [5.41, 5.74) is 0.655. The van der Waals surface area contributed by atoms with Gasteiger partial charge in [-0.2, -0.15) is 5.10 Å². The molecule has 1 atom stereocenters. The molecule has 1 unspecified atom stereocenters. The molecule has 1 aliphatic heterocycles. The maximum atomic E-state index is 12.0. The summed E-state index contributed by atoms with van der Waals surface area (Å²) in [7, 11) is 0. The summed E-state index contributed by atoms with van der Waals surface area (Å²) in [4.78, 5) is 12.0. The topological polar surface area (TPSA) is 56.1 Å². The number of hydrogen-bond acceptors (Lipinski definition) is 4. The Kier molecular flexibility index (Phi) is 5.39. The summed E-state index contributed by atoms with van der Waals surface area (Å²) < 4.78 is 7.68. The summed E-state index contributed by atoms with van der Waals surface area (Å²) in [5, 5.41) is 7.41. The predicted molar refractivity (Wildman–Crippen MR) is 78.6 cm³/mol. The first-order chi connectivity index (χ1) is 9.22. The molecule has 0 radical (unpaired) electrons. The third-order valence-electron chi connectivity index (χ3n) is 3.21. The molecule has 0 bridgehead atoms. The molecule has 5 nitrogen and oxygen atoms in total. The summed E-state index contributed by atoms with van der Waals surface area (Å²) in [6.45, 7) is 4.22. The molecule has 1 aromatic rings. The van der Waals surface area contributed by atoms with Gasteiger partial charge in [-0.25, -0.2) is 4.68 Å². The van der Waals surface area contributed by atoms with Crippen LogP contribution in [0.4, 0.5) is 5.69 Å². The molecule has 6 heteroatoms. The monoisotopic (exact) mass is 329 g/mol. The van der Waals surface area contributed by atoms with Gasteiger partial charge in [0.25, 0.3) is 5.56 Å². The Hall–Kier alpha value is -0.880. The van der Waals surface area contributed by atoms with Crippen LogP contribution >= 0.6 is 15.9 Å². The van der Waals surface area contributed by atoms with Crippen LogP contribution in [0, 0.1) is 0 Å². The largest absolute Gasteiger partial charge is 0.380 e. The van der Waals surface area contributed by atoms with E-state index in [-0.39, 0.29) is 11.7 Å². The molecular formula is C13H20BrN3O2. The number of nitrogens with one attached hydrogen (secondary N) is 1. The molecule has 1 aliphatic rings. The SMILES string of the molecule is CCCn1ncc(NCC2CCCCO2)c(Br)c1=O. The second-order valence-corrected chi connectivity index (χ2v) is 5.56. The standard InChI is InChI=1S/C13H20BrN3O2/c1-2-6-17-13(18)12(14)11(9-16-17)15-8-10-5-3-4-7-19-10/h9-10,15H,2-8H2,1H3. The maximum Gasteiger partial charge on any atom is 0.283 e.